The highest BCUT2D eigenvalue weighted by Crippen LogP contribution is 2.29. The molecule has 1 aliphatic heterocycles. The van der Waals surface area contributed by atoms with Crippen molar-refractivity contribution in [2.45, 2.75) is 20.3 Å². The third kappa shape index (κ3) is 3.76. The number of halogens is 1. The molecule has 2 aromatic carbocycles. The zero-order valence-electron chi connectivity index (χ0n) is 16.2. The predicted octanol–water partition coefficient (Wildman–Crippen LogP) is 3.62. The van der Waals surface area contributed by atoms with Crippen molar-refractivity contribution in [2.24, 2.45) is 5.92 Å². The minimum atomic E-state index is -0.543. The Hall–Kier alpha value is -3.48. The topological polar surface area (TPSA) is 67.2 Å². The second kappa shape index (κ2) is 7.50. The maximum atomic E-state index is 14.3. The van der Waals surface area contributed by atoms with Crippen molar-refractivity contribution >= 4 is 23.2 Å². The monoisotopic (exact) mass is 392 g/mol. The van der Waals surface area contributed by atoms with Gasteiger partial charge < -0.3 is 10.2 Å². The first kappa shape index (κ1) is 18.9. The summed E-state index contributed by atoms with van der Waals surface area (Å²) in [6, 6.07) is 14.0. The van der Waals surface area contributed by atoms with Gasteiger partial charge in [0.1, 0.15) is 5.82 Å². The van der Waals surface area contributed by atoms with Crippen LogP contribution in [-0.4, -0.2) is 28.1 Å². The van der Waals surface area contributed by atoms with Crippen LogP contribution in [0.15, 0.2) is 54.7 Å². The normalized spacial score (nSPS) is 16.3. The molecule has 3 aromatic rings. The summed E-state index contributed by atoms with van der Waals surface area (Å²) in [5.41, 5.74) is 3.42. The number of carbonyl (C=O) groups excluding carboxylic acids is 2. The molecular formula is C22H21FN4O2. The first-order valence-electron chi connectivity index (χ1n) is 9.41. The van der Waals surface area contributed by atoms with E-state index < -0.39 is 11.7 Å². The van der Waals surface area contributed by atoms with Gasteiger partial charge in [-0.2, -0.15) is 5.10 Å². The minimum Gasteiger partial charge on any atom is -0.326 e. The van der Waals surface area contributed by atoms with Gasteiger partial charge in [0, 0.05) is 30.5 Å². The number of nitrogens with zero attached hydrogens (tertiary/aromatic N) is 3. The second-order valence-electron chi connectivity index (χ2n) is 7.28. The number of hydrogen-bond donors (Lipinski definition) is 1. The number of hydrogen-bond acceptors (Lipinski definition) is 3. The molecule has 7 heteroatoms. The van der Waals surface area contributed by atoms with Gasteiger partial charge in [0.05, 0.1) is 17.3 Å². The van der Waals surface area contributed by atoms with Gasteiger partial charge in [-0.1, -0.05) is 12.1 Å². The van der Waals surface area contributed by atoms with E-state index >= 15 is 0 Å². The van der Waals surface area contributed by atoms with Crippen LogP contribution in [0, 0.1) is 25.6 Å². The molecule has 0 aliphatic carbocycles. The van der Waals surface area contributed by atoms with Gasteiger partial charge in [-0.3, -0.25) is 9.59 Å². The first-order valence-corrected chi connectivity index (χ1v) is 9.41. The summed E-state index contributed by atoms with van der Waals surface area (Å²) in [5.74, 6) is -1.52. The molecule has 1 aromatic heterocycles. The molecule has 1 unspecified atom stereocenters. The Morgan fingerprint density at radius 2 is 2.00 bits per heavy atom. The maximum absolute atomic E-state index is 14.3. The average molecular weight is 392 g/mol. The summed E-state index contributed by atoms with van der Waals surface area (Å²) in [6.45, 7) is 3.89. The lowest BCUT2D eigenvalue weighted by Crippen LogP contribution is -2.28. The van der Waals surface area contributed by atoms with Gasteiger partial charge in [-0.05, 0) is 55.8 Å². The Balaban J connectivity index is 1.48. The van der Waals surface area contributed by atoms with Gasteiger partial charge in [0.25, 0.3) is 0 Å². The number of aromatic nitrogens is 2. The molecule has 1 N–H and O–H groups in total. The fraction of sp³-hybridized carbons (Fsp3) is 0.227. The van der Waals surface area contributed by atoms with Crippen LogP contribution in [0.1, 0.15) is 17.7 Å². The smallest absolute Gasteiger partial charge is 0.229 e. The molecule has 1 fully saturated rings. The highest BCUT2D eigenvalue weighted by atomic mass is 19.1. The molecule has 0 bridgehead atoms. The maximum Gasteiger partial charge on any atom is 0.229 e. The lowest BCUT2D eigenvalue weighted by molar-refractivity contribution is -0.122. The van der Waals surface area contributed by atoms with Crippen LogP contribution in [0.5, 0.6) is 0 Å². The van der Waals surface area contributed by atoms with Gasteiger partial charge in [-0.15, -0.1) is 0 Å². The third-order valence-electron chi connectivity index (χ3n) is 5.08. The number of benzene rings is 2. The fourth-order valence-electron chi connectivity index (χ4n) is 3.55. The van der Waals surface area contributed by atoms with Crippen LogP contribution in [0.4, 0.5) is 15.8 Å². The molecule has 29 heavy (non-hydrogen) atoms. The molecule has 2 heterocycles. The Morgan fingerprint density at radius 1 is 1.17 bits per heavy atom. The van der Waals surface area contributed by atoms with Crippen LogP contribution < -0.4 is 10.2 Å². The van der Waals surface area contributed by atoms with E-state index in [1.165, 1.54) is 11.0 Å². The van der Waals surface area contributed by atoms with Crippen molar-refractivity contribution in [3.8, 4) is 5.69 Å². The molecule has 148 valence electrons. The quantitative estimate of drug-likeness (QED) is 0.737. The number of aryl methyl sites for hydroxylation is 2. The highest BCUT2D eigenvalue weighted by molar-refractivity contribution is 6.03. The highest BCUT2D eigenvalue weighted by Gasteiger charge is 2.36. The van der Waals surface area contributed by atoms with E-state index in [9.17, 15) is 14.0 Å². The molecule has 4 rings (SSSR count). The van der Waals surface area contributed by atoms with Crippen molar-refractivity contribution in [3.05, 3.63) is 71.8 Å². The molecule has 0 saturated carbocycles. The van der Waals surface area contributed by atoms with Crippen molar-refractivity contribution in [1.29, 1.82) is 0 Å². The third-order valence-corrected chi connectivity index (χ3v) is 5.08. The second-order valence-corrected chi connectivity index (χ2v) is 7.28. The Morgan fingerprint density at radius 3 is 2.72 bits per heavy atom. The molecule has 1 atom stereocenters. The van der Waals surface area contributed by atoms with E-state index in [-0.39, 0.29) is 30.5 Å². The molecule has 6 nitrogen and oxygen atoms in total. The van der Waals surface area contributed by atoms with E-state index in [4.69, 9.17) is 0 Å². The molecule has 2 amide bonds. The number of rotatable bonds is 4. The summed E-state index contributed by atoms with van der Waals surface area (Å²) < 4.78 is 16.0. The lowest BCUT2D eigenvalue weighted by Gasteiger charge is -2.18. The largest absolute Gasteiger partial charge is 0.326 e. The molecule has 0 spiro atoms. The van der Waals surface area contributed by atoms with Gasteiger partial charge in [0.15, 0.2) is 0 Å². The van der Waals surface area contributed by atoms with Crippen LogP contribution in [0.25, 0.3) is 5.69 Å². The number of carbonyl (C=O) groups is 2. The van der Waals surface area contributed by atoms with Crippen LogP contribution >= 0.6 is 0 Å². The van der Waals surface area contributed by atoms with Crippen molar-refractivity contribution in [2.75, 3.05) is 16.8 Å². The van der Waals surface area contributed by atoms with Crippen molar-refractivity contribution in [3.63, 3.8) is 0 Å². The predicted molar refractivity (Wildman–Crippen MR) is 109 cm³/mol. The number of nitrogens with one attached hydrogen (secondary N) is 1. The summed E-state index contributed by atoms with van der Waals surface area (Å²) in [5, 5.41) is 7.14. The summed E-state index contributed by atoms with van der Waals surface area (Å²) in [6.07, 6.45) is 1.76. The molecular weight excluding hydrogens is 371 g/mol. The zero-order valence-corrected chi connectivity index (χ0v) is 16.2. The van der Waals surface area contributed by atoms with E-state index in [0.29, 0.717) is 5.69 Å². The summed E-state index contributed by atoms with van der Waals surface area (Å²) in [4.78, 5) is 26.5. The van der Waals surface area contributed by atoms with Crippen molar-refractivity contribution in [1.82, 2.24) is 9.78 Å². The Kier molecular flexibility index (Phi) is 4.88. The van der Waals surface area contributed by atoms with Gasteiger partial charge in [0.2, 0.25) is 11.8 Å². The standard InChI is InChI=1S/C22H21FN4O2/c1-14-6-7-20(19(23)10-14)26-13-16(11-21(26)28)22(29)25-17-4-3-5-18(12-17)27-15(2)8-9-24-27/h3-10,12,16H,11,13H2,1-2H3,(H,25,29). The fourth-order valence-corrected chi connectivity index (χ4v) is 3.55. The summed E-state index contributed by atoms with van der Waals surface area (Å²) >= 11 is 0. The van der Waals surface area contributed by atoms with Gasteiger partial charge in [-0.25, -0.2) is 9.07 Å². The first-order chi connectivity index (χ1) is 13.9. The average Bonchev–Trinajstić information content (AvgIpc) is 3.28. The Labute approximate surface area is 167 Å². The zero-order chi connectivity index (χ0) is 20.5. The number of anilines is 2. The molecule has 1 saturated heterocycles. The van der Waals surface area contributed by atoms with Gasteiger partial charge >= 0.3 is 0 Å². The molecule has 1 aliphatic rings. The lowest BCUT2D eigenvalue weighted by atomic mass is 10.1. The molecule has 0 radical (unpaired) electrons. The van der Waals surface area contributed by atoms with E-state index in [0.717, 1.165) is 16.9 Å². The van der Waals surface area contributed by atoms with Crippen LogP contribution in [0.3, 0.4) is 0 Å². The van der Waals surface area contributed by atoms with E-state index in [1.54, 1.807) is 36.0 Å². The minimum absolute atomic E-state index is 0.0527. The summed E-state index contributed by atoms with van der Waals surface area (Å²) in [7, 11) is 0. The van der Waals surface area contributed by atoms with E-state index in [1.807, 2.05) is 31.2 Å². The van der Waals surface area contributed by atoms with E-state index in [2.05, 4.69) is 10.4 Å². The Bertz CT molecular complexity index is 1090. The van der Waals surface area contributed by atoms with Crippen LogP contribution in [0.2, 0.25) is 0 Å². The number of amides is 2. The van der Waals surface area contributed by atoms with Crippen molar-refractivity contribution < 1.29 is 14.0 Å². The SMILES string of the molecule is Cc1ccc(N2CC(C(=O)Nc3cccc(-n4nccc4C)c3)CC2=O)c(F)c1. The van der Waals surface area contributed by atoms with Crippen LogP contribution in [-0.2, 0) is 9.59 Å².